The molecule has 2 aromatic heterocycles. The van der Waals surface area contributed by atoms with Gasteiger partial charge in [0.2, 0.25) is 0 Å². The zero-order chi connectivity index (χ0) is 15.5. The van der Waals surface area contributed by atoms with Crippen molar-refractivity contribution in [1.82, 2.24) is 9.97 Å². The number of thiol groups is 1. The Labute approximate surface area is 148 Å². The van der Waals surface area contributed by atoms with E-state index in [2.05, 4.69) is 61.1 Å². The number of aromatic nitrogens is 2. The summed E-state index contributed by atoms with van der Waals surface area (Å²) in [6.45, 7) is 0. The van der Waals surface area contributed by atoms with Crippen LogP contribution in [0.1, 0.15) is 11.4 Å². The Morgan fingerprint density at radius 3 is 2.05 bits per heavy atom. The molecular weight excluding hydrogens is 420 g/mol. The first-order chi connectivity index (χ1) is 10.3. The van der Waals surface area contributed by atoms with Gasteiger partial charge < -0.3 is 0 Å². The predicted molar refractivity (Wildman–Crippen MR) is 91.5 cm³/mol. The minimum absolute atomic E-state index is 0.682. The minimum atomic E-state index is 0.682. The third-order valence-corrected chi connectivity index (χ3v) is 3.40. The summed E-state index contributed by atoms with van der Waals surface area (Å²) in [7, 11) is 0. The Morgan fingerprint density at radius 2 is 1.67 bits per heavy atom. The zero-order valence-corrected chi connectivity index (χ0v) is 15.2. The summed E-state index contributed by atoms with van der Waals surface area (Å²) in [5.41, 5.74) is 2.20. The molecule has 0 aliphatic heterocycles. The van der Waals surface area contributed by atoms with Crippen molar-refractivity contribution in [3.63, 3.8) is 0 Å². The van der Waals surface area contributed by atoms with Crippen molar-refractivity contribution in [3.8, 4) is 0 Å². The van der Waals surface area contributed by atoms with Gasteiger partial charge in [0.25, 0.3) is 4.38 Å². The van der Waals surface area contributed by atoms with E-state index in [9.17, 15) is 0 Å². The van der Waals surface area contributed by atoms with E-state index >= 15 is 0 Å². The van der Waals surface area contributed by atoms with Gasteiger partial charge in [0.15, 0.2) is 5.71 Å². The Bertz CT molecular complexity index is 552. The van der Waals surface area contributed by atoms with Crippen molar-refractivity contribution in [1.29, 1.82) is 0 Å². The fourth-order valence-electron chi connectivity index (χ4n) is 1.40. The van der Waals surface area contributed by atoms with Gasteiger partial charge in [-0.15, -0.1) is 0 Å². The van der Waals surface area contributed by atoms with Gasteiger partial charge in [-0.2, -0.15) is 0 Å². The Morgan fingerprint density at radius 1 is 1.14 bits per heavy atom. The molecule has 21 heavy (non-hydrogen) atoms. The van der Waals surface area contributed by atoms with E-state index in [4.69, 9.17) is 0 Å². The molecule has 0 aliphatic rings. The predicted octanol–water partition coefficient (Wildman–Crippen LogP) is 1.80. The van der Waals surface area contributed by atoms with Crippen molar-refractivity contribution >= 4 is 48.6 Å². The van der Waals surface area contributed by atoms with E-state index in [1.807, 2.05) is 42.7 Å². The fraction of sp³-hybridized carbons (Fsp3) is 0.0769. The van der Waals surface area contributed by atoms with Crippen LogP contribution >= 0.6 is 38.5 Å². The number of hydrazone groups is 1. The van der Waals surface area contributed by atoms with E-state index in [1.54, 1.807) is 12.4 Å². The summed E-state index contributed by atoms with van der Waals surface area (Å²) in [6, 6.07) is 11.4. The van der Waals surface area contributed by atoms with Gasteiger partial charge in [-0.3, -0.25) is 9.97 Å². The molecule has 0 spiro atoms. The number of hydrogen-bond donors (Lipinski definition) is 2. The molecule has 0 aliphatic carbocycles. The summed E-state index contributed by atoms with van der Waals surface area (Å²) in [5.74, 6) is 0. The Hall–Kier alpha value is -0.661. The summed E-state index contributed by atoms with van der Waals surface area (Å²) >= 11 is 12.2. The molecule has 0 radical (unpaired) electrons. The van der Waals surface area contributed by atoms with E-state index in [-0.39, 0.29) is 0 Å². The number of hydrogen-bond acceptors (Lipinski definition) is 4. The average Bonchev–Trinajstić information content (AvgIpc) is 2.58. The van der Waals surface area contributed by atoms with Crippen LogP contribution < -0.4 is 5.10 Å². The quantitative estimate of drug-likeness (QED) is 0.256. The van der Waals surface area contributed by atoms with Crippen LogP contribution in [0.25, 0.3) is 0 Å². The van der Waals surface area contributed by atoms with Crippen molar-refractivity contribution < 1.29 is 19.3 Å². The Balaban J connectivity index is 0.00000106. The van der Waals surface area contributed by atoms with E-state index in [0.29, 0.717) is 10.1 Å². The van der Waals surface area contributed by atoms with Gasteiger partial charge >= 0.3 is 28.3 Å². The summed E-state index contributed by atoms with van der Waals surface area (Å²) in [5, 5.41) is 7.22. The van der Waals surface area contributed by atoms with Gasteiger partial charge in [0.05, 0.1) is 11.4 Å². The van der Waals surface area contributed by atoms with Crippen molar-refractivity contribution in [2.45, 2.75) is 0 Å². The van der Waals surface area contributed by atoms with E-state index in [1.165, 1.54) is 11.8 Å². The van der Waals surface area contributed by atoms with Crippen LogP contribution in [0.2, 0.25) is 0 Å². The number of nitrogens with one attached hydrogen (secondary N) is 1. The molecule has 0 atom stereocenters. The second-order valence-corrected chi connectivity index (χ2v) is 5.08. The molecule has 0 fully saturated rings. The maximum atomic E-state index is 4.34. The maximum absolute atomic E-state index is 4.34. The molecule has 0 amide bonds. The zero-order valence-electron chi connectivity index (χ0n) is 11.0. The van der Waals surface area contributed by atoms with Crippen LogP contribution in [0, 0.1) is 0 Å². The van der Waals surface area contributed by atoms with Crippen LogP contribution in [0.5, 0.6) is 0 Å². The fourth-order valence-corrected chi connectivity index (χ4v) is 1.59. The second kappa shape index (κ2) is 11.0. The molecule has 0 unspecified atom stereocenters. The molecule has 0 bridgehead atoms. The first-order valence-corrected chi connectivity index (χ1v) is 9.69. The topological polar surface area (TPSA) is 52.1 Å². The number of rotatable bonds is 3. The molecular formula is C13H13BrCuN4S2+. The number of pyridine rings is 2. The van der Waals surface area contributed by atoms with Crippen molar-refractivity contribution in [3.05, 3.63) is 60.2 Å². The first kappa shape index (κ1) is 18.4. The van der Waals surface area contributed by atoms with Crippen LogP contribution in [0.15, 0.2) is 53.9 Å². The molecule has 2 heterocycles. The number of halogens is 1. The van der Waals surface area contributed by atoms with Crippen LogP contribution in [-0.4, -0.2) is 26.3 Å². The van der Waals surface area contributed by atoms with Gasteiger partial charge in [0.1, 0.15) is 0 Å². The van der Waals surface area contributed by atoms with Gasteiger partial charge in [-0.05, 0) is 30.5 Å². The SMILES string of the molecule is CS/C(S)=[NH+]/N=C(c1ccccn1)c1ccccn1.[Cu][Br]. The van der Waals surface area contributed by atoms with Crippen molar-refractivity contribution in [2.24, 2.45) is 5.10 Å². The normalized spacial score (nSPS) is 10.4. The van der Waals surface area contributed by atoms with E-state index < -0.39 is 0 Å². The summed E-state index contributed by atoms with van der Waals surface area (Å²) < 4.78 is 0.712. The van der Waals surface area contributed by atoms with Crippen molar-refractivity contribution in [2.75, 3.05) is 6.26 Å². The Kier molecular flexibility index (Phi) is 9.61. The summed E-state index contributed by atoms with van der Waals surface area (Å²) in [4.78, 5) is 8.61. The van der Waals surface area contributed by atoms with Gasteiger partial charge in [-0.1, -0.05) is 41.6 Å². The molecule has 8 heteroatoms. The second-order valence-electron chi connectivity index (χ2n) is 3.51. The first-order valence-electron chi connectivity index (χ1n) is 5.69. The molecule has 4 nitrogen and oxygen atoms in total. The van der Waals surface area contributed by atoms with E-state index in [0.717, 1.165) is 11.4 Å². The molecule has 0 aromatic carbocycles. The van der Waals surface area contributed by atoms with Crippen LogP contribution in [0.3, 0.4) is 0 Å². The van der Waals surface area contributed by atoms with Crippen LogP contribution in [-0.2, 0) is 14.2 Å². The molecule has 114 valence electrons. The van der Waals surface area contributed by atoms with Gasteiger partial charge in [-0.25, -0.2) is 0 Å². The number of nitrogens with zero attached hydrogens (tertiary/aromatic N) is 3. The van der Waals surface area contributed by atoms with Crippen LogP contribution in [0.4, 0.5) is 0 Å². The molecule has 1 N–H and O–H groups in total. The summed E-state index contributed by atoms with van der Waals surface area (Å²) in [6.07, 6.45) is 5.38. The molecule has 0 saturated carbocycles. The number of thioether (sulfide) groups is 1. The average molecular weight is 433 g/mol. The third-order valence-electron chi connectivity index (χ3n) is 2.27. The standard InChI is InChI=1S/C13H12N4S2.BrH.Cu/c1-19-13(18)17-16-12(10-6-2-4-8-14-10)11-7-3-5-9-15-11;;/h2-9H,1H3,(H,17,18);1H;/q;;+1. The molecule has 2 rings (SSSR count). The van der Waals surface area contributed by atoms with Gasteiger partial charge in [0, 0.05) is 17.5 Å². The molecule has 2 aromatic rings. The monoisotopic (exact) mass is 431 g/mol. The third kappa shape index (κ3) is 6.32. The molecule has 0 saturated heterocycles.